The van der Waals surface area contributed by atoms with Crippen molar-refractivity contribution in [1.82, 2.24) is 4.90 Å². The summed E-state index contributed by atoms with van der Waals surface area (Å²) in [5, 5.41) is 0. The molecule has 3 rings (SSSR count). The standard InChI is InChI=1S/C21H22FNO4/c1-26-18-11-10-16(14-17(18)22)21(25)27-19(15-8-4-2-5-9-15)20(24)23-12-6-3-7-13-23/h2,4-5,8-11,14,19H,3,6-7,12-13H2,1H3/t19-/m0/s1. The number of hydrogen-bond acceptors (Lipinski definition) is 4. The van der Waals surface area contributed by atoms with Crippen LogP contribution in [0.1, 0.15) is 41.3 Å². The maximum atomic E-state index is 13.9. The number of piperidine rings is 1. The van der Waals surface area contributed by atoms with Gasteiger partial charge in [-0.15, -0.1) is 0 Å². The number of methoxy groups -OCH3 is 1. The van der Waals surface area contributed by atoms with Crippen molar-refractivity contribution in [3.63, 3.8) is 0 Å². The Labute approximate surface area is 157 Å². The van der Waals surface area contributed by atoms with Gasteiger partial charge in [-0.3, -0.25) is 4.79 Å². The van der Waals surface area contributed by atoms with Gasteiger partial charge < -0.3 is 14.4 Å². The highest BCUT2D eigenvalue weighted by Gasteiger charge is 2.30. The fraction of sp³-hybridized carbons (Fsp3) is 0.333. The van der Waals surface area contributed by atoms with Gasteiger partial charge in [-0.2, -0.15) is 0 Å². The van der Waals surface area contributed by atoms with E-state index in [2.05, 4.69) is 0 Å². The molecule has 1 saturated heterocycles. The number of esters is 1. The minimum absolute atomic E-state index is 0.0284. The number of rotatable bonds is 5. The summed E-state index contributed by atoms with van der Waals surface area (Å²) >= 11 is 0. The van der Waals surface area contributed by atoms with E-state index in [0.717, 1.165) is 25.3 Å². The lowest BCUT2D eigenvalue weighted by Gasteiger charge is -2.30. The molecule has 1 atom stereocenters. The minimum atomic E-state index is -1.05. The zero-order valence-electron chi connectivity index (χ0n) is 15.2. The molecule has 27 heavy (non-hydrogen) atoms. The zero-order valence-corrected chi connectivity index (χ0v) is 15.2. The van der Waals surface area contributed by atoms with Crippen LogP contribution in [-0.4, -0.2) is 37.0 Å². The fourth-order valence-electron chi connectivity index (χ4n) is 3.14. The Morgan fingerprint density at radius 2 is 1.74 bits per heavy atom. The van der Waals surface area contributed by atoms with E-state index < -0.39 is 17.9 Å². The van der Waals surface area contributed by atoms with Crippen LogP contribution < -0.4 is 4.74 Å². The third-order valence-corrected chi connectivity index (χ3v) is 4.61. The van der Waals surface area contributed by atoms with Gasteiger partial charge in [-0.1, -0.05) is 30.3 Å². The lowest BCUT2D eigenvalue weighted by molar-refractivity contribution is -0.142. The van der Waals surface area contributed by atoms with Crippen molar-refractivity contribution in [2.24, 2.45) is 0 Å². The number of benzene rings is 2. The van der Waals surface area contributed by atoms with Crippen LogP contribution in [-0.2, 0) is 9.53 Å². The van der Waals surface area contributed by atoms with Gasteiger partial charge in [0.25, 0.3) is 5.91 Å². The van der Waals surface area contributed by atoms with Gasteiger partial charge in [0.05, 0.1) is 12.7 Å². The summed E-state index contributed by atoms with van der Waals surface area (Å²) in [6, 6.07) is 12.7. The average molecular weight is 371 g/mol. The Balaban J connectivity index is 1.83. The number of nitrogens with zero attached hydrogens (tertiary/aromatic N) is 1. The SMILES string of the molecule is COc1ccc(C(=O)O[C@H](C(=O)N2CCCCC2)c2ccccc2)cc1F. The molecule has 1 aliphatic rings. The fourth-order valence-corrected chi connectivity index (χ4v) is 3.14. The molecule has 6 heteroatoms. The van der Waals surface area contributed by atoms with E-state index in [1.807, 2.05) is 6.07 Å². The van der Waals surface area contributed by atoms with Crippen molar-refractivity contribution < 1.29 is 23.5 Å². The summed E-state index contributed by atoms with van der Waals surface area (Å²) in [5.74, 6) is -1.62. The molecule has 0 N–H and O–H groups in total. The van der Waals surface area contributed by atoms with E-state index in [9.17, 15) is 14.0 Å². The van der Waals surface area contributed by atoms with Gasteiger partial charge in [0, 0.05) is 18.7 Å². The monoisotopic (exact) mass is 371 g/mol. The molecule has 1 fully saturated rings. The largest absolute Gasteiger partial charge is 0.494 e. The quantitative estimate of drug-likeness (QED) is 0.752. The maximum Gasteiger partial charge on any atom is 0.339 e. The Hall–Kier alpha value is -2.89. The second kappa shape index (κ2) is 8.66. The molecule has 0 spiro atoms. The maximum absolute atomic E-state index is 13.9. The van der Waals surface area contributed by atoms with Crippen molar-refractivity contribution in [1.29, 1.82) is 0 Å². The lowest BCUT2D eigenvalue weighted by atomic mass is 10.1. The first-order valence-corrected chi connectivity index (χ1v) is 8.98. The molecule has 2 aromatic carbocycles. The summed E-state index contributed by atoms with van der Waals surface area (Å²) in [7, 11) is 1.35. The van der Waals surface area contributed by atoms with Crippen molar-refractivity contribution in [2.45, 2.75) is 25.4 Å². The topological polar surface area (TPSA) is 55.8 Å². The Bertz CT molecular complexity index is 803. The first-order valence-electron chi connectivity index (χ1n) is 8.98. The number of likely N-dealkylation sites (tertiary alicyclic amines) is 1. The number of halogens is 1. The van der Waals surface area contributed by atoms with Crippen molar-refractivity contribution in [3.8, 4) is 5.75 Å². The second-order valence-electron chi connectivity index (χ2n) is 6.43. The van der Waals surface area contributed by atoms with Gasteiger partial charge >= 0.3 is 5.97 Å². The van der Waals surface area contributed by atoms with Gasteiger partial charge in [-0.05, 0) is 37.5 Å². The van der Waals surface area contributed by atoms with Crippen molar-refractivity contribution in [3.05, 3.63) is 65.5 Å². The molecule has 0 aromatic heterocycles. The van der Waals surface area contributed by atoms with Crippen LogP contribution in [0.4, 0.5) is 4.39 Å². The number of carbonyl (C=O) groups is 2. The highest BCUT2D eigenvalue weighted by Crippen LogP contribution is 2.25. The molecular formula is C21H22FNO4. The van der Waals surface area contributed by atoms with E-state index in [0.29, 0.717) is 18.7 Å². The van der Waals surface area contributed by atoms with Gasteiger partial charge in [0.15, 0.2) is 11.6 Å². The minimum Gasteiger partial charge on any atom is -0.494 e. The smallest absolute Gasteiger partial charge is 0.339 e. The van der Waals surface area contributed by atoms with Gasteiger partial charge in [0.1, 0.15) is 0 Å². The van der Waals surface area contributed by atoms with E-state index in [1.165, 1.54) is 19.2 Å². The average Bonchev–Trinajstić information content (AvgIpc) is 2.72. The highest BCUT2D eigenvalue weighted by atomic mass is 19.1. The van der Waals surface area contributed by atoms with Crippen molar-refractivity contribution in [2.75, 3.05) is 20.2 Å². The third-order valence-electron chi connectivity index (χ3n) is 4.61. The first-order chi connectivity index (χ1) is 13.1. The van der Waals surface area contributed by atoms with Crippen LogP contribution in [0.5, 0.6) is 5.75 Å². The van der Waals surface area contributed by atoms with E-state index in [1.54, 1.807) is 29.2 Å². The molecule has 1 amide bonds. The zero-order chi connectivity index (χ0) is 19.2. The van der Waals surface area contributed by atoms with Crippen LogP contribution in [0.25, 0.3) is 0 Å². The molecule has 0 bridgehead atoms. The number of carbonyl (C=O) groups excluding carboxylic acids is 2. The predicted octanol–water partition coefficient (Wildman–Crippen LogP) is 3.74. The normalized spacial score (nSPS) is 15.1. The molecule has 1 aliphatic heterocycles. The molecule has 0 radical (unpaired) electrons. The van der Waals surface area contributed by atoms with Gasteiger partial charge in [-0.25, -0.2) is 9.18 Å². The molecule has 0 unspecified atom stereocenters. The first kappa shape index (κ1) is 18.9. The molecule has 5 nitrogen and oxygen atoms in total. The number of amides is 1. The summed E-state index contributed by atoms with van der Waals surface area (Å²) in [6.07, 6.45) is 1.91. The van der Waals surface area contributed by atoms with Gasteiger partial charge in [0.2, 0.25) is 6.10 Å². The predicted molar refractivity (Wildman–Crippen MR) is 98.0 cm³/mol. The molecule has 1 heterocycles. The second-order valence-corrected chi connectivity index (χ2v) is 6.43. The molecule has 2 aromatic rings. The van der Waals surface area contributed by atoms with Crippen LogP contribution in [0.2, 0.25) is 0 Å². The van der Waals surface area contributed by atoms with Crippen LogP contribution >= 0.6 is 0 Å². The summed E-state index contributed by atoms with van der Waals surface area (Å²) in [4.78, 5) is 27.3. The lowest BCUT2D eigenvalue weighted by Crippen LogP contribution is -2.40. The number of hydrogen-bond donors (Lipinski definition) is 0. The molecule has 142 valence electrons. The molecule has 0 aliphatic carbocycles. The Morgan fingerprint density at radius 3 is 2.37 bits per heavy atom. The highest BCUT2D eigenvalue weighted by molar-refractivity contribution is 5.93. The summed E-state index contributed by atoms with van der Waals surface area (Å²) in [5.41, 5.74) is 0.621. The summed E-state index contributed by atoms with van der Waals surface area (Å²) < 4.78 is 24.3. The van der Waals surface area contributed by atoms with E-state index in [4.69, 9.17) is 9.47 Å². The van der Waals surface area contributed by atoms with E-state index in [-0.39, 0.29) is 17.2 Å². The third kappa shape index (κ3) is 4.45. The van der Waals surface area contributed by atoms with Crippen LogP contribution in [0, 0.1) is 5.82 Å². The Kier molecular flexibility index (Phi) is 6.06. The van der Waals surface area contributed by atoms with Crippen molar-refractivity contribution >= 4 is 11.9 Å². The van der Waals surface area contributed by atoms with Crippen LogP contribution in [0.15, 0.2) is 48.5 Å². The Morgan fingerprint density at radius 1 is 1.04 bits per heavy atom. The molecule has 0 saturated carbocycles. The van der Waals surface area contributed by atoms with Crippen LogP contribution in [0.3, 0.4) is 0 Å². The number of ether oxygens (including phenoxy) is 2. The van der Waals surface area contributed by atoms with E-state index >= 15 is 0 Å². The molecular weight excluding hydrogens is 349 g/mol. The summed E-state index contributed by atoms with van der Waals surface area (Å²) in [6.45, 7) is 1.30.